The van der Waals surface area contributed by atoms with Gasteiger partial charge in [0.2, 0.25) is 0 Å². The van der Waals surface area contributed by atoms with E-state index in [4.69, 9.17) is 4.74 Å². The normalized spacial score (nSPS) is 13.5. The first kappa shape index (κ1) is 19.9. The van der Waals surface area contributed by atoms with Crippen molar-refractivity contribution in [1.29, 1.82) is 0 Å². The van der Waals surface area contributed by atoms with Crippen LogP contribution in [0.4, 0.5) is 15.5 Å². The van der Waals surface area contributed by atoms with Gasteiger partial charge in [-0.1, -0.05) is 0 Å². The molecule has 148 valence electrons. The molecule has 1 saturated carbocycles. The standard InChI is InChI=1S/C20H23N3O4S/c1-20(2,3)27-19(26)22-14-6-4-12(5-7-14)16(24)23-18-15(10-11-28-18)17(25)21-13-8-9-13/h4-7,10-11,13H,8-9H2,1-3H3,(H,21,25)(H,22,26)(H,23,24). The number of carbonyl (C=O) groups is 3. The highest BCUT2D eigenvalue weighted by atomic mass is 32.1. The molecule has 2 aromatic rings. The van der Waals surface area contributed by atoms with Crippen LogP contribution in [0.1, 0.15) is 54.3 Å². The molecule has 0 atom stereocenters. The number of thiophene rings is 1. The van der Waals surface area contributed by atoms with Gasteiger partial charge in [0, 0.05) is 17.3 Å². The lowest BCUT2D eigenvalue weighted by atomic mass is 10.2. The van der Waals surface area contributed by atoms with Gasteiger partial charge in [0.1, 0.15) is 10.6 Å². The third-order valence-electron chi connectivity index (χ3n) is 3.84. The summed E-state index contributed by atoms with van der Waals surface area (Å²) in [5, 5.41) is 10.6. The fourth-order valence-corrected chi connectivity index (χ4v) is 3.16. The van der Waals surface area contributed by atoms with Crippen LogP contribution in [0.5, 0.6) is 0 Å². The van der Waals surface area contributed by atoms with Crippen molar-refractivity contribution in [2.45, 2.75) is 45.3 Å². The van der Waals surface area contributed by atoms with Crippen LogP contribution in [0, 0.1) is 0 Å². The number of rotatable bonds is 5. The quantitative estimate of drug-likeness (QED) is 0.698. The predicted molar refractivity (Wildman–Crippen MR) is 109 cm³/mol. The summed E-state index contributed by atoms with van der Waals surface area (Å²) in [6, 6.07) is 8.38. The van der Waals surface area contributed by atoms with E-state index in [1.165, 1.54) is 11.3 Å². The molecule has 0 spiro atoms. The number of nitrogens with one attached hydrogen (secondary N) is 3. The monoisotopic (exact) mass is 401 g/mol. The third-order valence-corrected chi connectivity index (χ3v) is 4.67. The van der Waals surface area contributed by atoms with Crippen molar-refractivity contribution in [3.63, 3.8) is 0 Å². The molecule has 3 N–H and O–H groups in total. The molecule has 1 heterocycles. The highest BCUT2D eigenvalue weighted by Gasteiger charge is 2.25. The zero-order chi connectivity index (χ0) is 20.3. The maximum Gasteiger partial charge on any atom is 0.412 e. The first-order chi connectivity index (χ1) is 13.2. The molecule has 0 bridgehead atoms. The largest absolute Gasteiger partial charge is 0.444 e. The minimum absolute atomic E-state index is 0.170. The number of carbonyl (C=O) groups excluding carboxylic acids is 3. The lowest BCUT2D eigenvalue weighted by Crippen LogP contribution is -2.27. The van der Waals surface area contributed by atoms with Crippen molar-refractivity contribution in [2.75, 3.05) is 10.6 Å². The van der Waals surface area contributed by atoms with E-state index in [9.17, 15) is 14.4 Å². The Labute approximate surface area is 167 Å². The summed E-state index contributed by atoms with van der Waals surface area (Å²) in [6.45, 7) is 5.34. The minimum atomic E-state index is -0.589. The summed E-state index contributed by atoms with van der Waals surface area (Å²) >= 11 is 1.30. The number of hydrogen-bond acceptors (Lipinski definition) is 5. The topological polar surface area (TPSA) is 96.5 Å². The molecule has 0 radical (unpaired) electrons. The lowest BCUT2D eigenvalue weighted by molar-refractivity contribution is 0.0635. The number of anilines is 2. The number of hydrogen-bond donors (Lipinski definition) is 3. The van der Waals surface area contributed by atoms with Gasteiger partial charge in [0.25, 0.3) is 11.8 Å². The maximum absolute atomic E-state index is 12.5. The van der Waals surface area contributed by atoms with Gasteiger partial charge in [0.15, 0.2) is 0 Å². The van der Waals surface area contributed by atoms with E-state index in [0.717, 1.165) is 12.8 Å². The van der Waals surface area contributed by atoms with Crippen molar-refractivity contribution in [3.8, 4) is 0 Å². The zero-order valence-corrected chi connectivity index (χ0v) is 16.8. The molecular formula is C20H23N3O4S. The number of amides is 3. The Morgan fingerprint density at radius 2 is 1.68 bits per heavy atom. The van der Waals surface area contributed by atoms with E-state index >= 15 is 0 Å². The van der Waals surface area contributed by atoms with Crippen LogP contribution in [0.15, 0.2) is 35.7 Å². The van der Waals surface area contributed by atoms with Gasteiger partial charge in [-0.3, -0.25) is 14.9 Å². The van der Waals surface area contributed by atoms with Crippen molar-refractivity contribution >= 4 is 39.9 Å². The van der Waals surface area contributed by atoms with Gasteiger partial charge in [-0.2, -0.15) is 0 Å². The fraction of sp³-hybridized carbons (Fsp3) is 0.350. The summed E-state index contributed by atoms with van der Waals surface area (Å²) in [7, 11) is 0. The van der Waals surface area contributed by atoms with Crippen LogP contribution in [0.3, 0.4) is 0 Å². The molecule has 3 amide bonds. The maximum atomic E-state index is 12.5. The fourth-order valence-electron chi connectivity index (χ4n) is 2.38. The molecule has 28 heavy (non-hydrogen) atoms. The molecule has 3 rings (SSSR count). The summed E-state index contributed by atoms with van der Waals surface area (Å²) in [5.41, 5.74) is 0.810. The zero-order valence-electron chi connectivity index (χ0n) is 16.0. The van der Waals surface area contributed by atoms with E-state index in [1.54, 1.807) is 56.5 Å². The highest BCUT2D eigenvalue weighted by molar-refractivity contribution is 7.14. The molecule has 7 nitrogen and oxygen atoms in total. The Hall–Kier alpha value is -2.87. The van der Waals surface area contributed by atoms with Crippen LogP contribution < -0.4 is 16.0 Å². The van der Waals surface area contributed by atoms with E-state index in [2.05, 4.69) is 16.0 Å². The Kier molecular flexibility index (Phi) is 5.69. The van der Waals surface area contributed by atoms with Gasteiger partial charge in [-0.05, 0) is 69.3 Å². The van der Waals surface area contributed by atoms with Gasteiger partial charge in [-0.15, -0.1) is 11.3 Å². The van der Waals surface area contributed by atoms with Crippen molar-refractivity contribution in [3.05, 3.63) is 46.8 Å². The number of ether oxygens (including phenoxy) is 1. The van der Waals surface area contributed by atoms with Crippen LogP contribution in [0.25, 0.3) is 0 Å². The Bertz CT molecular complexity index is 880. The molecule has 0 aliphatic heterocycles. The summed E-state index contributed by atoms with van der Waals surface area (Å²) in [4.78, 5) is 36.5. The van der Waals surface area contributed by atoms with Crippen LogP contribution >= 0.6 is 11.3 Å². The summed E-state index contributed by atoms with van der Waals surface area (Å²) in [6.07, 6.45) is 1.44. The van der Waals surface area contributed by atoms with E-state index < -0.39 is 11.7 Å². The number of benzene rings is 1. The second-order valence-electron chi connectivity index (χ2n) is 7.57. The molecule has 1 aromatic carbocycles. The van der Waals surface area contributed by atoms with Crippen molar-refractivity contribution in [2.24, 2.45) is 0 Å². The SMILES string of the molecule is CC(C)(C)OC(=O)Nc1ccc(C(=O)Nc2sccc2C(=O)NC2CC2)cc1. The molecule has 0 saturated heterocycles. The predicted octanol–water partition coefficient (Wildman–Crippen LogP) is 4.24. The van der Waals surface area contributed by atoms with Crippen molar-refractivity contribution < 1.29 is 19.1 Å². The Morgan fingerprint density at radius 1 is 1.00 bits per heavy atom. The average molecular weight is 401 g/mol. The molecule has 1 aliphatic carbocycles. The van der Waals surface area contributed by atoms with E-state index in [-0.39, 0.29) is 17.9 Å². The first-order valence-electron chi connectivity index (χ1n) is 9.01. The van der Waals surface area contributed by atoms with Crippen LogP contribution in [-0.4, -0.2) is 29.6 Å². The second kappa shape index (κ2) is 8.02. The second-order valence-corrected chi connectivity index (χ2v) is 8.49. The molecule has 8 heteroatoms. The van der Waals surface area contributed by atoms with E-state index in [1.807, 2.05) is 0 Å². The van der Waals surface area contributed by atoms with E-state index in [0.29, 0.717) is 21.8 Å². The summed E-state index contributed by atoms with van der Waals surface area (Å²) < 4.78 is 5.19. The first-order valence-corrected chi connectivity index (χ1v) is 9.89. The minimum Gasteiger partial charge on any atom is -0.444 e. The smallest absolute Gasteiger partial charge is 0.412 e. The molecule has 0 unspecified atom stereocenters. The van der Waals surface area contributed by atoms with Crippen LogP contribution in [0.2, 0.25) is 0 Å². The van der Waals surface area contributed by atoms with Crippen LogP contribution in [-0.2, 0) is 4.74 Å². The Balaban J connectivity index is 1.60. The molecule has 1 aromatic heterocycles. The molecule has 1 aliphatic rings. The van der Waals surface area contributed by atoms with Gasteiger partial charge in [0.05, 0.1) is 5.56 Å². The van der Waals surface area contributed by atoms with Gasteiger partial charge < -0.3 is 15.4 Å². The third kappa shape index (κ3) is 5.56. The van der Waals surface area contributed by atoms with Gasteiger partial charge in [-0.25, -0.2) is 4.79 Å². The summed E-state index contributed by atoms with van der Waals surface area (Å²) in [5.74, 6) is -0.498. The molecule has 1 fully saturated rings. The molecular weight excluding hydrogens is 378 g/mol. The Morgan fingerprint density at radius 3 is 2.29 bits per heavy atom. The average Bonchev–Trinajstić information content (AvgIpc) is 3.28. The highest BCUT2D eigenvalue weighted by Crippen LogP contribution is 2.26. The van der Waals surface area contributed by atoms with Crippen molar-refractivity contribution in [1.82, 2.24) is 5.32 Å². The van der Waals surface area contributed by atoms with Gasteiger partial charge >= 0.3 is 6.09 Å². The lowest BCUT2D eigenvalue weighted by Gasteiger charge is -2.19.